The molecule has 1 saturated carbocycles. The van der Waals surface area contributed by atoms with Gasteiger partial charge in [-0.25, -0.2) is 0 Å². The molecule has 20 heavy (non-hydrogen) atoms. The summed E-state index contributed by atoms with van der Waals surface area (Å²) in [6, 6.07) is 6.98. The molecule has 0 bridgehead atoms. The zero-order valence-corrected chi connectivity index (χ0v) is 13.2. The van der Waals surface area contributed by atoms with Crippen molar-refractivity contribution in [1.82, 2.24) is 0 Å². The number of ether oxygens (including phenoxy) is 1. The van der Waals surface area contributed by atoms with Crippen LogP contribution in [0.1, 0.15) is 57.4 Å². The Morgan fingerprint density at radius 2 is 2.05 bits per heavy atom. The highest BCUT2D eigenvalue weighted by Crippen LogP contribution is 2.31. The van der Waals surface area contributed by atoms with Gasteiger partial charge in [-0.3, -0.25) is 0 Å². The summed E-state index contributed by atoms with van der Waals surface area (Å²) >= 11 is 0. The van der Waals surface area contributed by atoms with Crippen molar-refractivity contribution in [3.05, 3.63) is 23.8 Å². The molecule has 2 nitrogen and oxygen atoms in total. The maximum absolute atomic E-state index is 5.47. The van der Waals surface area contributed by atoms with Gasteiger partial charge in [0, 0.05) is 6.04 Å². The number of rotatable bonds is 5. The Morgan fingerprint density at radius 1 is 1.20 bits per heavy atom. The first kappa shape index (κ1) is 15.2. The van der Waals surface area contributed by atoms with E-state index in [2.05, 4.69) is 37.4 Å². The van der Waals surface area contributed by atoms with Gasteiger partial charge in [0.05, 0.1) is 12.8 Å². The summed E-state index contributed by atoms with van der Waals surface area (Å²) in [4.78, 5) is 0. The standard InChI is InChI=1S/C18H29NO/c1-4-6-15-7-5-8-16(11-10-15)19-17-13-14(2)9-12-18(17)20-3/h9,12-13,15-16,19H,4-8,10-11H2,1-3H3. The van der Waals surface area contributed by atoms with Gasteiger partial charge < -0.3 is 10.1 Å². The fraction of sp³-hybridized carbons (Fsp3) is 0.667. The van der Waals surface area contributed by atoms with Crippen molar-refractivity contribution in [1.29, 1.82) is 0 Å². The second-order valence-corrected chi connectivity index (χ2v) is 6.21. The summed E-state index contributed by atoms with van der Waals surface area (Å²) in [5.74, 6) is 1.91. The smallest absolute Gasteiger partial charge is 0.141 e. The molecule has 112 valence electrons. The minimum atomic E-state index is 0.604. The number of aryl methyl sites for hydroxylation is 1. The fourth-order valence-corrected chi connectivity index (χ4v) is 3.37. The summed E-state index contributed by atoms with van der Waals surface area (Å²) in [6.07, 6.45) is 9.46. The molecule has 1 N–H and O–H groups in total. The van der Waals surface area contributed by atoms with Crippen LogP contribution in [0.4, 0.5) is 5.69 Å². The SMILES string of the molecule is CCCC1CCCC(Nc2cc(C)ccc2OC)CC1. The first-order valence-corrected chi connectivity index (χ1v) is 8.14. The minimum absolute atomic E-state index is 0.604. The van der Waals surface area contributed by atoms with Gasteiger partial charge in [-0.15, -0.1) is 0 Å². The van der Waals surface area contributed by atoms with Crippen LogP contribution in [0.2, 0.25) is 0 Å². The summed E-state index contributed by atoms with van der Waals surface area (Å²) in [7, 11) is 1.75. The van der Waals surface area contributed by atoms with Gasteiger partial charge in [0.15, 0.2) is 0 Å². The molecule has 0 heterocycles. The van der Waals surface area contributed by atoms with Crippen molar-refractivity contribution < 1.29 is 4.74 Å². The van der Waals surface area contributed by atoms with E-state index in [9.17, 15) is 0 Å². The van der Waals surface area contributed by atoms with Crippen LogP contribution in [0, 0.1) is 12.8 Å². The third-order valence-corrected chi connectivity index (χ3v) is 4.50. The van der Waals surface area contributed by atoms with Gasteiger partial charge in [0.1, 0.15) is 5.75 Å². The number of benzene rings is 1. The van der Waals surface area contributed by atoms with E-state index >= 15 is 0 Å². The summed E-state index contributed by atoms with van der Waals surface area (Å²) in [5.41, 5.74) is 2.44. The van der Waals surface area contributed by atoms with E-state index in [1.165, 1.54) is 50.5 Å². The Kier molecular flexibility index (Phi) is 5.75. The van der Waals surface area contributed by atoms with Crippen molar-refractivity contribution in [2.75, 3.05) is 12.4 Å². The topological polar surface area (TPSA) is 21.3 Å². The lowest BCUT2D eigenvalue weighted by Crippen LogP contribution is -2.19. The minimum Gasteiger partial charge on any atom is -0.495 e. The van der Waals surface area contributed by atoms with Gasteiger partial charge in [0.2, 0.25) is 0 Å². The predicted octanol–water partition coefficient (Wildman–Crippen LogP) is 5.16. The molecule has 0 radical (unpaired) electrons. The van der Waals surface area contributed by atoms with Crippen molar-refractivity contribution >= 4 is 5.69 Å². The highest BCUT2D eigenvalue weighted by Gasteiger charge is 2.19. The Hall–Kier alpha value is -1.18. The normalized spacial score (nSPS) is 23.1. The summed E-state index contributed by atoms with van der Waals surface area (Å²) < 4.78 is 5.47. The molecule has 2 unspecified atom stereocenters. The molecule has 1 aromatic rings. The molecular weight excluding hydrogens is 246 g/mol. The van der Waals surface area contributed by atoms with E-state index in [1.54, 1.807) is 7.11 Å². The van der Waals surface area contributed by atoms with Crippen LogP contribution in [0.5, 0.6) is 5.75 Å². The Bertz CT molecular complexity index is 416. The molecule has 0 amide bonds. The number of nitrogens with one attached hydrogen (secondary N) is 1. The molecule has 2 atom stereocenters. The van der Waals surface area contributed by atoms with Gasteiger partial charge in [0.25, 0.3) is 0 Å². The van der Waals surface area contributed by atoms with Gasteiger partial charge in [-0.2, -0.15) is 0 Å². The molecule has 1 fully saturated rings. The van der Waals surface area contributed by atoms with Gasteiger partial charge in [-0.1, -0.05) is 38.7 Å². The van der Waals surface area contributed by atoms with Crippen LogP contribution in [0.3, 0.4) is 0 Å². The van der Waals surface area contributed by atoms with Gasteiger partial charge in [-0.05, 0) is 49.8 Å². The molecule has 0 aliphatic heterocycles. The highest BCUT2D eigenvalue weighted by molar-refractivity contribution is 5.58. The molecule has 0 aromatic heterocycles. The summed E-state index contributed by atoms with van der Waals surface area (Å²) in [6.45, 7) is 4.44. The van der Waals surface area contributed by atoms with E-state index in [0.717, 1.165) is 17.4 Å². The zero-order chi connectivity index (χ0) is 14.4. The monoisotopic (exact) mass is 275 g/mol. The first-order chi connectivity index (χ1) is 9.72. The van der Waals surface area contributed by atoms with E-state index in [-0.39, 0.29) is 0 Å². The van der Waals surface area contributed by atoms with E-state index < -0.39 is 0 Å². The van der Waals surface area contributed by atoms with Crippen molar-refractivity contribution in [3.8, 4) is 5.75 Å². The van der Waals surface area contributed by atoms with Crippen molar-refractivity contribution in [2.45, 2.75) is 64.8 Å². The third kappa shape index (κ3) is 4.16. The van der Waals surface area contributed by atoms with Crippen LogP contribution in [0.15, 0.2) is 18.2 Å². The highest BCUT2D eigenvalue weighted by atomic mass is 16.5. The molecule has 2 rings (SSSR count). The van der Waals surface area contributed by atoms with Crippen molar-refractivity contribution in [2.24, 2.45) is 5.92 Å². The second kappa shape index (κ2) is 7.56. The second-order valence-electron chi connectivity index (χ2n) is 6.21. The third-order valence-electron chi connectivity index (χ3n) is 4.50. The number of hydrogen-bond acceptors (Lipinski definition) is 2. The largest absolute Gasteiger partial charge is 0.495 e. The zero-order valence-electron chi connectivity index (χ0n) is 13.2. The molecule has 1 aromatic carbocycles. The maximum Gasteiger partial charge on any atom is 0.141 e. The average Bonchev–Trinajstić information content (AvgIpc) is 2.65. The summed E-state index contributed by atoms with van der Waals surface area (Å²) in [5, 5.41) is 3.72. The maximum atomic E-state index is 5.47. The lowest BCUT2D eigenvalue weighted by Gasteiger charge is -2.20. The molecule has 1 aliphatic carbocycles. The number of hydrogen-bond donors (Lipinski definition) is 1. The quantitative estimate of drug-likeness (QED) is 0.749. The molecule has 1 aliphatic rings. The molecular formula is C18H29NO. The van der Waals surface area contributed by atoms with Crippen molar-refractivity contribution in [3.63, 3.8) is 0 Å². The Balaban J connectivity index is 1.97. The van der Waals surface area contributed by atoms with Crippen LogP contribution >= 0.6 is 0 Å². The average molecular weight is 275 g/mol. The van der Waals surface area contributed by atoms with Crippen LogP contribution in [0.25, 0.3) is 0 Å². The molecule has 0 saturated heterocycles. The molecule has 2 heteroatoms. The Morgan fingerprint density at radius 3 is 2.80 bits per heavy atom. The van der Waals surface area contributed by atoms with Gasteiger partial charge >= 0.3 is 0 Å². The number of methoxy groups -OCH3 is 1. The van der Waals surface area contributed by atoms with Crippen LogP contribution in [-0.4, -0.2) is 13.2 Å². The first-order valence-electron chi connectivity index (χ1n) is 8.14. The fourth-order valence-electron chi connectivity index (χ4n) is 3.37. The van der Waals surface area contributed by atoms with E-state index in [1.807, 2.05) is 0 Å². The predicted molar refractivity (Wildman–Crippen MR) is 86.6 cm³/mol. The number of anilines is 1. The van der Waals surface area contributed by atoms with E-state index in [4.69, 9.17) is 4.74 Å². The lowest BCUT2D eigenvalue weighted by atomic mass is 9.95. The lowest BCUT2D eigenvalue weighted by molar-refractivity contribution is 0.414. The molecule has 0 spiro atoms. The van der Waals surface area contributed by atoms with Crippen LogP contribution < -0.4 is 10.1 Å². The Labute approximate surface area is 123 Å². The van der Waals surface area contributed by atoms with E-state index in [0.29, 0.717) is 6.04 Å². The van der Waals surface area contributed by atoms with Crippen LogP contribution in [-0.2, 0) is 0 Å².